The first-order valence-corrected chi connectivity index (χ1v) is 7.84. The summed E-state index contributed by atoms with van der Waals surface area (Å²) in [4.78, 5) is 27.5. The number of hydrogen-bond acceptors (Lipinski definition) is 4. The maximum absolute atomic E-state index is 12.5. The minimum Gasteiger partial charge on any atom is -0.487 e. The van der Waals surface area contributed by atoms with Crippen molar-refractivity contribution in [1.29, 1.82) is 0 Å². The summed E-state index contributed by atoms with van der Waals surface area (Å²) in [5.74, 6) is 0.288. The third-order valence-corrected chi connectivity index (χ3v) is 4.10. The third kappa shape index (κ3) is 3.96. The molecule has 1 aliphatic rings. The summed E-state index contributed by atoms with van der Waals surface area (Å²) in [5.41, 5.74) is 7.37. The van der Waals surface area contributed by atoms with Gasteiger partial charge in [0.1, 0.15) is 16.9 Å². The van der Waals surface area contributed by atoms with Gasteiger partial charge >= 0.3 is 0 Å². The number of carbonyl (C=O) groups is 1. The molecule has 3 rings (SSSR count). The van der Waals surface area contributed by atoms with E-state index in [9.17, 15) is 9.59 Å². The van der Waals surface area contributed by atoms with Crippen molar-refractivity contribution in [1.82, 2.24) is 10.3 Å². The van der Waals surface area contributed by atoms with Gasteiger partial charge in [0, 0.05) is 35.6 Å². The Kier molecular flexibility index (Phi) is 5.13. The number of fused-ring (bicyclic) bond motifs is 1. The summed E-state index contributed by atoms with van der Waals surface area (Å²) in [5, 5.41) is 2.94. The number of benzene rings is 1. The van der Waals surface area contributed by atoms with Gasteiger partial charge in [0.15, 0.2) is 5.43 Å². The number of aromatic nitrogens is 1. The first kappa shape index (κ1) is 18.9. The Balaban J connectivity index is 0.00000225. The van der Waals surface area contributed by atoms with Crippen LogP contribution in [0.25, 0.3) is 0 Å². The quantitative estimate of drug-likeness (QED) is 0.714. The lowest BCUT2D eigenvalue weighted by molar-refractivity contribution is 0.0619. The molecule has 0 saturated carbocycles. The molecule has 25 heavy (non-hydrogen) atoms. The molecule has 7 heteroatoms. The Hall–Kier alpha value is -2.47. The van der Waals surface area contributed by atoms with Crippen molar-refractivity contribution in [2.24, 2.45) is 0 Å². The minimum absolute atomic E-state index is 0. The van der Waals surface area contributed by atoms with E-state index in [0.717, 1.165) is 5.56 Å². The molecule has 4 N–H and O–H groups in total. The number of hydrogen-bond donors (Lipinski definition) is 3. The van der Waals surface area contributed by atoms with Gasteiger partial charge in [-0.15, -0.1) is 12.4 Å². The SMILES string of the molecule is Cc1cc(=O)c(C(=O)NC2CC(C)(C)Oc3ccc(N)cc32)c[nH]1.Cl. The lowest BCUT2D eigenvalue weighted by atomic mass is 9.89. The van der Waals surface area contributed by atoms with E-state index in [1.807, 2.05) is 19.9 Å². The van der Waals surface area contributed by atoms with Gasteiger partial charge in [-0.3, -0.25) is 9.59 Å². The van der Waals surface area contributed by atoms with Crippen molar-refractivity contribution in [3.05, 3.63) is 57.5 Å². The van der Waals surface area contributed by atoms with Crippen molar-refractivity contribution in [2.45, 2.75) is 38.8 Å². The molecule has 2 aromatic rings. The fraction of sp³-hybridized carbons (Fsp3) is 0.333. The number of pyridine rings is 1. The minimum atomic E-state index is -0.430. The number of aryl methyl sites for hydroxylation is 1. The van der Waals surface area contributed by atoms with Gasteiger partial charge in [0.25, 0.3) is 5.91 Å². The molecule has 1 aromatic heterocycles. The molecule has 0 aliphatic carbocycles. The third-order valence-electron chi connectivity index (χ3n) is 4.10. The zero-order chi connectivity index (χ0) is 17.5. The Morgan fingerprint density at radius 2 is 2.08 bits per heavy atom. The number of H-pyrrole nitrogens is 1. The second-order valence-electron chi connectivity index (χ2n) is 6.78. The van der Waals surface area contributed by atoms with E-state index in [2.05, 4.69) is 10.3 Å². The van der Waals surface area contributed by atoms with Gasteiger partial charge in [0.05, 0.1) is 6.04 Å². The van der Waals surface area contributed by atoms with Crippen LogP contribution in [-0.2, 0) is 0 Å². The van der Waals surface area contributed by atoms with Crippen molar-refractivity contribution in [3.63, 3.8) is 0 Å². The van der Waals surface area contributed by atoms with Crippen LogP contribution < -0.4 is 21.2 Å². The standard InChI is InChI=1S/C18H21N3O3.ClH/c1-10-6-15(22)13(9-20-10)17(23)21-14-8-18(2,3)24-16-5-4-11(19)7-12(14)16;/h4-7,9,14H,8,19H2,1-3H3,(H,20,22)(H,21,23);1H. The Morgan fingerprint density at radius 3 is 2.76 bits per heavy atom. The monoisotopic (exact) mass is 363 g/mol. The van der Waals surface area contributed by atoms with Crippen LogP contribution in [0, 0.1) is 6.92 Å². The molecule has 1 amide bonds. The van der Waals surface area contributed by atoms with Gasteiger partial charge in [-0.2, -0.15) is 0 Å². The predicted octanol–water partition coefficient (Wildman–Crippen LogP) is 2.72. The Morgan fingerprint density at radius 1 is 1.36 bits per heavy atom. The molecule has 134 valence electrons. The molecular weight excluding hydrogens is 342 g/mol. The molecule has 1 unspecified atom stereocenters. The summed E-state index contributed by atoms with van der Waals surface area (Å²) in [6, 6.07) is 6.51. The maximum atomic E-state index is 12.5. The summed E-state index contributed by atoms with van der Waals surface area (Å²) < 4.78 is 5.96. The number of anilines is 1. The molecule has 0 fully saturated rings. The molecule has 2 heterocycles. The molecule has 1 atom stereocenters. The highest BCUT2D eigenvalue weighted by atomic mass is 35.5. The lowest BCUT2D eigenvalue weighted by Crippen LogP contribution is -2.42. The first-order chi connectivity index (χ1) is 11.2. The van der Waals surface area contributed by atoms with Gasteiger partial charge < -0.3 is 20.8 Å². The van der Waals surface area contributed by atoms with E-state index in [1.54, 1.807) is 19.1 Å². The van der Waals surface area contributed by atoms with Crippen LogP contribution in [0.3, 0.4) is 0 Å². The van der Waals surface area contributed by atoms with Crippen LogP contribution >= 0.6 is 12.4 Å². The van der Waals surface area contributed by atoms with Crippen molar-refractivity contribution in [2.75, 3.05) is 5.73 Å². The number of aromatic amines is 1. The van der Waals surface area contributed by atoms with Crippen LogP contribution in [-0.4, -0.2) is 16.5 Å². The fourth-order valence-corrected chi connectivity index (χ4v) is 2.99. The number of nitrogen functional groups attached to an aromatic ring is 1. The van der Waals surface area contributed by atoms with Crippen molar-refractivity contribution >= 4 is 24.0 Å². The van der Waals surface area contributed by atoms with E-state index in [1.165, 1.54) is 12.3 Å². The molecule has 1 aliphatic heterocycles. The van der Waals surface area contributed by atoms with E-state index in [0.29, 0.717) is 23.6 Å². The van der Waals surface area contributed by atoms with E-state index >= 15 is 0 Å². The highest BCUT2D eigenvalue weighted by Crippen LogP contribution is 2.40. The topological polar surface area (TPSA) is 97.2 Å². The van der Waals surface area contributed by atoms with E-state index < -0.39 is 11.5 Å². The number of halogens is 1. The van der Waals surface area contributed by atoms with Crippen LogP contribution in [0.4, 0.5) is 5.69 Å². The predicted molar refractivity (Wildman–Crippen MR) is 99.4 cm³/mol. The van der Waals surface area contributed by atoms with Crippen molar-refractivity contribution in [3.8, 4) is 5.75 Å². The van der Waals surface area contributed by atoms with Crippen LogP contribution in [0.15, 0.2) is 35.3 Å². The van der Waals surface area contributed by atoms with Gasteiger partial charge in [-0.25, -0.2) is 0 Å². The van der Waals surface area contributed by atoms with Gasteiger partial charge in [-0.1, -0.05) is 0 Å². The van der Waals surface area contributed by atoms with Gasteiger partial charge in [-0.05, 0) is 39.0 Å². The highest BCUT2D eigenvalue weighted by molar-refractivity contribution is 5.94. The van der Waals surface area contributed by atoms with Crippen LogP contribution in [0.2, 0.25) is 0 Å². The molecule has 6 nitrogen and oxygen atoms in total. The maximum Gasteiger partial charge on any atom is 0.257 e. The summed E-state index contributed by atoms with van der Waals surface area (Å²) in [7, 11) is 0. The molecule has 0 saturated heterocycles. The lowest BCUT2D eigenvalue weighted by Gasteiger charge is -2.38. The van der Waals surface area contributed by atoms with Crippen LogP contribution in [0.5, 0.6) is 5.75 Å². The van der Waals surface area contributed by atoms with E-state index in [4.69, 9.17) is 10.5 Å². The van der Waals surface area contributed by atoms with Gasteiger partial charge in [0.2, 0.25) is 0 Å². The average Bonchev–Trinajstić information content (AvgIpc) is 2.47. The van der Waals surface area contributed by atoms with Crippen molar-refractivity contribution < 1.29 is 9.53 Å². The number of carbonyl (C=O) groups excluding carboxylic acids is 1. The highest BCUT2D eigenvalue weighted by Gasteiger charge is 2.35. The first-order valence-electron chi connectivity index (χ1n) is 7.84. The molecule has 0 bridgehead atoms. The number of rotatable bonds is 2. The summed E-state index contributed by atoms with van der Waals surface area (Å²) >= 11 is 0. The van der Waals surface area contributed by atoms with E-state index in [-0.39, 0.29) is 29.4 Å². The molecule has 0 spiro atoms. The average molecular weight is 364 g/mol. The summed E-state index contributed by atoms with van der Waals surface area (Å²) in [6.45, 7) is 5.69. The second kappa shape index (κ2) is 6.80. The fourth-order valence-electron chi connectivity index (χ4n) is 2.99. The number of nitrogens with two attached hydrogens (primary N) is 1. The molecule has 0 radical (unpaired) electrons. The van der Waals surface area contributed by atoms with Crippen LogP contribution in [0.1, 0.15) is 47.9 Å². The Bertz CT molecular complexity index is 861. The molecular formula is C18H22ClN3O3. The summed E-state index contributed by atoms with van der Waals surface area (Å²) in [6.07, 6.45) is 2.02. The number of amides is 1. The normalized spacial score (nSPS) is 17.6. The Labute approximate surface area is 152 Å². The second-order valence-corrected chi connectivity index (χ2v) is 6.78. The number of ether oxygens (including phenoxy) is 1. The smallest absolute Gasteiger partial charge is 0.257 e. The number of nitrogens with one attached hydrogen (secondary N) is 2. The largest absolute Gasteiger partial charge is 0.487 e. The molecule has 1 aromatic carbocycles. The zero-order valence-corrected chi connectivity index (χ0v) is 15.2. The zero-order valence-electron chi connectivity index (χ0n) is 14.4.